The summed E-state index contributed by atoms with van der Waals surface area (Å²) in [6.45, 7) is 4.72. The molecule has 2 aromatic heterocycles. The molecule has 0 fully saturated rings. The van der Waals surface area contributed by atoms with Gasteiger partial charge in [-0.3, -0.25) is 19.2 Å². The maximum atomic E-state index is 13.4. The van der Waals surface area contributed by atoms with E-state index in [9.17, 15) is 27.4 Å². The van der Waals surface area contributed by atoms with Crippen LogP contribution in [0.5, 0.6) is 0 Å². The lowest BCUT2D eigenvalue weighted by molar-refractivity contribution is 0.102. The van der Waals surface area contributed by atoms with Gasteiger partial charge in [-0.25, -0.2) is 14.0 Å². The Morgan fingerprint density at radius 2 is 1.84 bits per heavy atom. The summed E-state index contributed by atoms with van der Waals surface area (Å²) in [5.41, 5.74) is -2.46. The first-order chi connectivity index (χ1) is 15.0. The van der Waals surface area contributed by atoms with Gasteiger partial charge in [-0.05, 0) is 24.5 Å². The number of nitrogens with zero attached hydrogens (tertiary/aromatic N) is 4. The Balaban J connectivity index is 2.29. The number of para-hydroxylation sites is 1. The number of carbonyl (C=O) groups excluding carboxylic acids is 1. The molecule has 170 valence electrons. The van der Waals surface area contributed by atoms with Gasteiger partial charge in [-0.1, -0.05) is 39.0 Å². The van der Waals surface area contributed by atoms with E-state index in [-0.39, 0.29) is 23.4 Å². The van der Waals surface area contributed by atoms with E-state index in [1.165, 1.54) is 19.2 Å². The fourth-order valence-electron chi connectivity index (χ4n) is 3.91. The molecule has 0 aliphatic carbocycles. The Morgan fingerprint density at radius 3 is 2.38 bits per heavy atom. The number of ketones is 1. The summed E-state index contributed by atoms with van der Waals surface area (Å²) in [5, 5.41) is 10.2. The van der Waals surface area contributed by atoms with Gasteiger partial charge in [0.1, 0.15) is 4.75 Å². The van der Waals surface area contributed by atoms with Gasteiger partial charge in [0, 0.05) is 7.05 Å². The molecule has 0 saturated heterocycles. The molecule has 11 nitrogen and oxygen atoms in total. The molecule has 0 aliphatic heterocycles. The zero-order valence-electron chi connectivity index (χ0n) is 17.9. The second kappa shape index (κ2) is 8.28. The molecule has 32 heavy (non-hydrogen) atoms. The van der Waals surface area contributed by atoms with Crippen LogP contribution < -0.4 is 11.2 Å². The number of H-pyrrole nitrogens is 1. The van der Waals surface area contributed by atoms with E-state index in [0.29, 0.717) is 0 Å². The fraction of sp³-hybridized carbons (Fsp3) is 0.350. The molecule has 12 heteroatoms. The Labute approximate surface area is 183 Å². The van der Waals surface area contributed by atoms with Gasteiger partial charge in [0.2, 0.25) is 5.78 Å². The molecule has 0 radical (unpaired) electrons. The van der Waals surface area contributed by atoms with Crippen molar-refractivity contribution in [2.45, 2.75) is 31.9 Å². The molecule has 0 bridgehead atoms. The van der Waals surface area contributed by atoms with Crippen LogP contribution in [0.2, 0.25) is 0 Å². The molecular formula is C20H23N5O6S. The minimum absolute atomic E-state index is 0.0685. The quantitative estimate of drug-likeness (QED) is 0.390. The average molecular weight is 462 g/mol. The van der Waals surface area contributed by atoms with Crippen molar-refractivity contribution in [1.29, 1.82) is 0 Å². The molecule has 1 unspecified atom stereocenters. The molecule has 0 amide bonds. The van der Waals surface area contributed by atoms with Crippen molar-refractivity contribution in [3.05, 3.63) is 74.3 Å². The maximum absolute atomic E-state index is 13.4. The van der Waals surface area contributed by atoms with Crippen molar-refractivity contribution in [2.75, 3.05) is 0 Å². The average Bonchev–Trinajstić information content (AvgIpc) is 3.20. The van der Waals surface area contributed by atoms with Gasteiger partial charge in [0.15, 0.2) is 5.69 Å². The van der Waals surface area contributed by atoms with Crippen molar-refractivity contribution in [3.63, 3.8) is 0 Å². The predicted molar refractivity (Wildman–Crippen MR) is 115 cm³/mol. The number of hydrogen-bond acceptors (Lipinski definition) is 7. The van der Waals surface area contributed by atoms with E-state index in [1.54, 1.807) is 39.0 Å². The number of aromatic nitrogens is 5. The summed E-state index contributed by atoms with van der Waals surface area (Å²) in [5.74, 6) is -1.58. The fourth-order valence-corrected chi connectivity index (χ4v) is 5.29. The number of aromatic amines is 1. The number of aryl methyl sites for hydroxylation is 1. The summed E-state index contributed by atoms with van der Waals surface area (Å²) >= 11 is 0. The normalized spacial score (nSPS) is 13.8. The van der Waals surface area contributed by atoms with Crippen LogP contribution in [0.25, 0.3) is 5.69 Å². The van der Waals surface area contributed by atoms with Crippen molar-refractivity contribution in [1.82, 2.24) is 24.5 Å². The smallest absolute Gasteiger partial charge is 0.286 e. The Bertz CT molecular complexity index is 1390. The van der Waals surface area contributed by atoms with E-state index in [0.717, 1.165) is 15.4 Å². The number of nitrogens with one attached hydrogen (secondary N) is 1. The maximum Gasteiger partial charge on any atom is 0.351 e. The molecule has 3 rings (SSSR count). The lowest BCUT2D eigenvalue weighted by Gasteiger charge is -2.33. The molecule has 0 aliphatic rings. The van der Waals surface area contributed by atoms with Crippen LogP contribution in [0.4, 0.5) is 0 Å². The number of carbonyl (C=O) groups is 1. The van der Waals surface area contributed by atoms with Gasteiger partial charge in [0.25, 0.3) is 15.7 Å². The minimum atomic E-state index is -4.70. The number of rotatable bonds is 7. The van der Waals surface area contributed by atoms with Crippen LogP contribution in [0.15, 0.2) is 46.1 Å². The van der Waals surface area contributed by atoms with Gasteiger partial charge in [-0.15, -0.1) is 0 Å². The van der Waals surface area contributed by atoms with E-state index < -0.39 is 43.5 Å². The highest BCUT2D eigenvalue weighted by molar-refractivity contribution is 7.86. The van der Waals surface area contributed by atoms with Crippen molar-refractivity contribution in [3.8, 4) is 5.69 Å². The molecule has 2 heterocycles. The van der Waals surface area contributed by atoms with E-state index in [4.69, 9.17) is 0 Å². The van der Waals surface area contributed by atoms with E-state index in [2.05, 4.69) is 15.3 Å². The predicted octanol–water partition coefficient (Wildman–Crippen LogP) is 1.03. The summed E-state index contributed by atoms with van der Waals surface area (Å²) in [7, 11) is -3.41. The molecule has 0 saturated carbocycles. The molecular weight excluding hydrogens is 438 g/mol. The Morgan fingerprint density at radius 1 is 1.22 bits per heavy atom. The van der Waals surface area contributed by atoms with E-state index in [1.807, 2.05) is 0 Å². The highest BCUT2D eigenvalue weighted by atomic mass is 32.2. The third kappa shape index (κ3) is 3.50. The lowest BCUT2D eigenvalue weighted by Crippen LogP contribution is -2.44. The van der Waals surface area contributed by atoms with Gasteiger partial charge >= 0.3 is 5.69 Å². The van der Waals surface area contributed by atoms with Gasteiger partial charge < -0.3 is 0 Å². The highest BCUT2D eigenvalue weighted by Crippen LogP contribution is 2.41. The van der Waals surface area contributed by atoms with Crippen molar-refractivity contribution < 1.29 is 17.8 Å². The van der Waals surface area contributed by atoms with Crippen LogP contribution in [-0.2, 0) is 21.9 Å². The van der Waals surface area contributed by atoms with E-state index >= 15 is 0 Å². The van der Waals surface area contributed by atoms with Crippen LogP contribution in [0, 0.1) is 5.92 Å². The van der Waals surface area contributed by atoms with Crippen LogP contribution in [0.3, 0.4) is 0 Å². The zero-order valence-corrected chi connectivity index (χ0v) is 18.8. The second-order valence-corrected chi connectivity index (χ2v) is 9.27. The summed E-state index contributed by atoms with van der Waals surface area (Å²) in [6, 6.07) is 8.01. The molecule has 0 spiro atoms. The minimum Gasteiger partial charge on any atom is -0.286 e. The first kappa shape index (κ1) is 23.3. The van der Waals surface area contributed by atoms with Gasteiger partial charge in [0.05, 0.1) is 23.1 Å². The van der Waals surface area contributed by atoms with Crippen LogP contribution in [0.1, 0.15) is 48.9 Å². The molecule has 1 atom stereocenters. The number of hydrogen-bond donors (Lipinski definition) is 2. The monoisotopic (exact) mass is 461 g/mol. The Kier molecular flexibility index (Phi) is 6.03. The zero-order chi connectivity index (χ0) is 23.8. The summed E-state index contributed by atoms with van der Waals surface area (Å²) in [4.78, 5) is 39.1. The molecule has 1 aromatic carbocycles. The number of benzene rings is 1. The Hall–Kier alpha value is -3.38. The summed E-state index contributed by atoms with van der Waals surface area (Å²) < 4.78 is 34.7. The topological polar surface area (TPSA) is 157 Å². The van der Waals surface area contributed by atoms with Crippen LogP contribution >= 0.6 is 0 Å². The largest absolute Gasteiger partial charge is 0.351 e. The van der Waals surface area contributed by atoms with Gasteiger partial charge in [-0.2, -0.15) is 18.6 Å². The summed E-state index contributed by atoms with van der Waals surface area (Å²) in [6.07, 6.45) is 1.01. The molecule has 3 aromatic rings. The van der Waals surface area contributed by atoms with Crippen LogP contribution in [-0.4, -0.2) is 43.3 Å². The van der Waals surface area contributed by atoms with Crippen molar-refractivity contribution in [2.24, 2.45) is 13.0 Å². The standard InChI is InChI=1S/C20H23N5O6S/c1-5-20(12(2)3,32(29,30)31)17-14(11-21-22-17)16(26)15-18(27)25(19(28)24(4)23-15)13-9-7-6-8-10-13/h6-12H,5H2,1-4H3,(H,21,22)(H,29,30,31). The second-order valence-electron chi connectivity index (χ2n) is 7.59. The highest BCUT2D eigenvalue weighted by Gasteiger charge is 2.49. The first-order valence-corrected chi connectivity index (χ1v) is 11.2. The first-order valence-electron chi connectivity index (χ1n) is 9.78. The SMILES string of the molecule is CCC(c1[nH]ncc1C(=O)c1nn(C)c(=O)n(-c2ccccc2)c1=O)(C(C)C)S(=O)(=O)O. The van der Waals surface area contributed by atoms with Crippen molar-refractivity contribution >= 4 is 15.9 Å². The molecule has 2 N–H and O–H groups in total. The third-order valence-corrected chi connectivity index (χ3v) is 7.46. The third-order valence-electron chi connectivity index (χ3n) is 5.58. The lowest BCUT2D eigenvalue weighted by atomic mass is 9.86.